The third kappa shape index (κ3) is 3.74. The Balaban J connectivity index is 1.57. The monoisotopic (exact) mass is 225 g/mol. The van der Waals surface area contributed by atoms with Crippen LogP contribution in [-0.2, 0) is 4.84 Å². The van der Waals surface area contributed by atoms with Crippen LogP contribution < -0.4 is 5.48 Å². The molecule has 0 aromatic rings. The summed E-state index contributed by atoms with van der Waals surface area (Å²) in [5, 5.41) is 0. The average Bonchev–Trinajstić information content (AvgIpc) is 2.82. The van der Waals surface area contributed by atoms with E-state index in [0.29, 0.717) is 12.1 Å². The maximum atomic E-state index is 5.79. The van der Waals surface area contributed by atoms with E-state index in [0.717, 1.165) is 5.92 Å². The van der Waals surface area contributed by atoms with Crippen LogP contribution in [0.3, 0.4) is 0 Å². The Morgan fingerprint density at radius 2 is 1.69 bits per heavy atom. The van der Waals surface area contributed by atoms with E-state index in [2.05, 4.69) is 12.4 Å². The number of hydrogen-bond donors (Lipinski definition) is 1. The van der Waals surface area contributed by atoms with Crippen LogP contribution in [0.4, 0.5) is 0 Å². The van der Waals surface area contributed by atoms with Gasteiger partial charge < -0.3 is 0 Å². The quantitative estimate of drug-likeness (QED) is 0.718. The molecule has 2 rings (SSSR count). The lowest BCUT2D eigenvalue weighted by molar-refractivity contribution is -0.0484. The molecule has 94 valence electrons. The van der Waals surface area contributed by atoms with Crippen LogP contribution in [0.25, 0.3) is 0 Å². The highest BCUT2D eigenvalue weighted by atomic mass is 16.7. The molecule has 0 heterocycles. The van der Waals surface area contributed by atoms with E-state index in [-0.39, 0.29) is 0 Å². The van der Waals surface area contributed by atoms with Crippen molar-refractivity contribution < 1.29 is 4.84 Å². The maximum Gasteiger partial charge on any atom is 0.0790 e. The molecule has 2 saturated carbocycles. The Hall–Kier alpha value is -0.0800. The van der Waals surface area contributed by atoms with E-state index in [4.69, 9.17) is 4.84 Å². The molecule has 2 aliphatic carbocycles. The SMILES string of the molecule is CCCC1CCC(NOC2CCCC2)CC1. The predicted molar refractivity (Wildman–Crippen MR) is 67.1 cm³/mol. The van der Waals surface area contributed by atoms with Crippen molar-refractivity contribution in [2.24, 2.45) is 5.92 Å². The molecule has 1 N–H and O–H groups in total. The van der Waals surface area contributed by atoms with Gasteiger partial charge in [0.05, 0.1) is 6.10 Å². The molecule has 0 spiro atoms. The molecular weight excluding hydrogens is 198 g/mol. The number of hydroxylamine groups is 1. The zero-order chi connectivity index (χ0) is 11.2. The number of nitrogens with one attached hydrogen (secondary N) is 1. The summed E-state index contributed by atoms with van der Waals surface area (Å²) in [5.41, 5.74) is 3.33. The number of rotatable bonds is 5. The Bertz CT molecular complexity index is 181. The summed E-state index contributed by atoms with van der Waals surface area (Å²) in [4.78, 5) is 5.79. The molecule has 0 bridgehead atoms. The molecule has 2 nitrogen and oxygen atoms in total. The Kier molecular flexibility index (Phi) is 5.11. The highest BCUT2D eigenvalue weighted by Crippen LogP contribution is 2.28. The first kappa shape index (κ1) is 12.4. The van der Waals surface area contributed by atoms with E-state index >= 15 is 0 Å². The summed E-state index contributed by atoms with van der Waals surface area (Å²) in [6, 6.07) is 0.633. The fourth-order valence-electron chi connectivity index (χ4n) is 3.18. The summed E-state index contributed by atoms with van der Waals surface area (Å²) in [7, 11) is 0. The fraction of sp³-hybridized carbons (Fsp3) is 1.00. The Morgan fingerprint density at radius 3 is 2.31 bits per heavy atom. The van der Waals surface area contributed by atoms with Crippen LogP contribution in [0, 0.1) is 5.92 Å². The second kappa shape index (κ2) is 6.61. The van der Waals surface area contributed by atoms with Crippen molar-refractivity contribution in [3.63, 3.8) is 0 Å². The first-order valence-corrected chi connectivity index (χ1v) is 7.29. The fourth-order valence-corrected chi connectivity index (χ4v) is 3.18. The van der Waals surface area contributed by atoms with Gasteiger partial charge in [-0.05, 0) is 44.4 Å². The van der Waals surface area contributed by atoms with Crippen LogP contribution in [0.5, 0.6) is 0 Å². The minimum atomic E-state index is 0.508. The molecule has 0 unspecified atom stereocenters. The summed E-state index contributed by atoms with van der Waals surface area (Å²) in [6.07, 6.45) is 14.0. The van der Waals surface area contributed by atoms with E-state index in [9.17, 15) is 0 Å². The number of hydrogen-bond acceptors (Lipinski definition) is 2. The Morgan fingerprint density at radius 1 is 1.00 bits per heavy atom. The van der Waals surface area contributed by atoms with Gasteiger partial charge in [-0.3, -0.25) is 4.84 Å². The highest BCUT2D eigenvalue weighted by molar-refractivity contribution is 4.75. The van der Waals surface area contributed by atoms with Crippen LogP contribution in [0.15, 0.2) is 0 Å². The van der Waals surface area contributed by atoms with Crippen molar-refractivity contribution in [2.45, 2.75) is 83.3 Å². The van der Waals surface area contributed by atoms with Gasteiger partial charge in [0.25, 0.3) is 0 Å². The Labute approximate surface area is 100 Å². The van der Waals surface area contributed by atoms with Crippen molar-refractivity contribution in [3.05, 3.63) is 0 Å². The molecule has 0 amide bonds. The second-order valence-corrected chi connectivity index (χ2v) is 5.65. The van der Waals surface area contributed by atoms with Gasteiger partial charge >= 0.3 is 0 Å². The van der Waals surface area contributed by atoms with Crippen molar-refractivity contribution in [1.29, 1.82) is 0 Å². The van der Waals surface area contributed by atoms with Crippen LogP contribution in [0.1, 0.15) is 71.1 Å². The molecule has 0 aromatic carbocycles. The molecule has 16 heavy (non-hydrogen) atoms. The minimum absolute atomic E-state index is 0.508. The minimum Gasteiger partial charge on any atom is -0.298 e. The first-order valence-electron chi connectivity index (χ1n) is 7.29. The molecule has 2 aliphatic rings. The predicted octanol–water partition coefficient (Wildman–Crippen LogP) is 3.81. The first-order chi connectivity index (χ1) is 7.88. The summed E-state index contributed by atoms with van der Waals surface area (Å²) < 4.78 is 0. The molecule has 0 aromatic heterocycles. The van der Waals surface area contributed by atoms with Crippen LogP contribution >= 0.6 is 0 Å². The zero-order valence-corrected chi connectivity index (χ0v) is 10.7. The van der Waals surface area contributed by atoms with Crippen LogP contribution in [0.2, 0.25) is 0 Å². The van der Waals surface area contributed by atoms with Gasteiger partial charge in [0.1, 0.15) is 0 Å². The largest absolute Gasteiger partial charge is 0.298 e. The van der Waals surface area contributed by atoms with Gasteiger partial charge in [-0.2, -0.15) is 5.48 Å². The van der Waals surface area contributed by atoms with Crippen molar-refractivity contribution >= 4 is 0 Å². The van der Waals surface area contributed by atoms with Gasteiger partial charge in [-0.25, -0.2) is 0 Å². The van der Waals surface area contributed by atoms with Gasteiger partial charge in [0, 0.05) is 6.04 Å². The van der Waals surface area contributed by atoms with E-state index in [1.165, 1.54) is 64.2 Å². The second-order valence-electron chi connectivity index (χ2n) is 5.65. The lowest BCUT2D eigenvalue weighted by Crippen LogP contribution is -2.35. The average molecular weight is 225 g/mol. The molecule has 2 heteroatoms. The normalized spacial score (nSPS) is 32.1. The summed E-state index contributed by atoms with van der Waals surface area (Å²) in [6.45, 7) is 2.30. The molecule has 0 saturated heterocycles. The smallest absolute Gasteiger partial charge is 0.0790 e. The molecule has 0 radical (unpaired) electrons. The third-order valence-electron chi connectivity index (χ3n) is 4.25. The zero-order valence-electron chi connectivity index (χ0n) is 10.7. The van der Waals surface area contributed by atoms with E-state index in [1.807, 2.05) is 0 Å². The van der Waals surface area contributed by atoms with Crippen LogP contribution in [-0.4, -0.2) is 12.1 Å². The van der Waals surface area contributed by atoms with Gasteiger partial charge in [-0.15, -0.1) is 0 Å². The van der Waals surface area contributed by atoms with Crippen molar-refractivity contribution in [2.75, 3.05) is 0 Å². The van der Waals surface area contributed by atoms with Crippen molar-refractivity contribution in [3.8, 4) is 0 Å². The van der Waals surface area contributed by atoms with Crippen molar-refractivity contribution in [1.82, 2.24) is 5.48 Å². The summed E-state index contributed by atoms with van der Waals surface area (Å²) in [5.74, 6) is 0.995. The highest BCUT2D eigenvalue weighted by Gasteiger charge is 2.22. The molecular formula is C14H27NO. The van der Waals surface area contributed by atoms with E-state index < -0.39 is 0 Å². The third-order valence-corrected chi connectivity index (χ3v) is 4.25. The van der Waals surface area contributed by atoms with Gasteiger partial charge in [-0.1, -0.05) is 32.6 Å². The molecule has 0 atom stereocenters. The van der Waals surface area contributed by atoms with Gasteiger partial charge in [0.15, 0.2) is 0 Å². The lowest BCUT2D eigenvalue weighted by atomic mass is 9.84. The summed E-state index contributed by atoms with van der Waals surface area (Å²) >= 11 is 0. The maximum absolute atomic E-state index is 5.79. The standard InChI is InChI=1S/C14H27NO/c1-2-5-12-8-10-13(11-9-12)15-16-14-6-3-4-7-14/h12-15H,2-11H2,1H3. The van der Waals surface area contributed by atoms with E-state index in [1.54, 1.807) is 0 Å². The van der Waals surface area contributed by atoms with Gasteiger partial charge in [0.2, 0.25) is 0 Å². The topological polar surface area (TPSA) is 21.3 Å². The lowest BCUT2D eigenvalue weighted by Gasteiger charge is -2.29. The molecule has 2 fully saturated rings. The molecule has 0 aliphatic heterocycles.